The lowest BCUT2D eigenvalue weighted by Gasteiger charge is -2.13. The molecule has 0 radical (unpaired) electrons. The van der Waals surface area contributed by atoms with E-state index in [0.29, 0.717) is 13.2 Å². The molecule has 0 saturated heterocycles. The minimum Gasteiger partial charge on any atom is -0.490 e. The van der Waals surface area contributed by atoms with Crippen LogP contribution in [-0.4, -0.2) is 18.1 Å². The molecule has 46 heavy (non-hydrogen) atoms. The van der Waals surface area contributed by atoms with Gasteiger partial charge in [-0.05, 0) is 96.1 Å². The third-order valence-corrected chi connectivity index (χ3v) is 8.12. The monoisotopic (exact) mass is 611 g/mol. The van der Waals surface area contributed by atoms with Crippen molar-refractivity contribution in [3.8, 4) is 46.3 Å². The van der Waals surface area contributed by atoms with Crippen molar-refractivity contribution in [2.24, 2.45) is 0 Å². The Morgan fingerprint density at radius 1 is 0.587 bits per heavy atom. The zero-order valence-corrected chi connectivity index (χ0v) is 26.9. The third-order valence-electron chi connectivity index (χ3n) is 8.12. The second-order valence-corrected chi connectivity index (χ2v) is 11.7. The quantitative estimate of drug-likeness (QED) is 0.0575. The highest BCUT2D eigenvalue weighted by Gasteiger charge is 2.18. The molecule has 0 N–H and O–H groups in total. The summed E-state index contributed by atoms with van der Waals surface area (Å²) in [5, 5.41) is 10.9. The molecular formula is C41H41NO4. The smallest absolute Gasteiger partial charge is 0.269 e. The van der Waals surface area contributed by atoms with E-state index in [1.54, 1.807) is 12.1 Å². The van der Waals surface area contributed by atoms with Gasteiger partial charge in [0.15, 0.2) is 11.5 Å². The van der Waals surface area contributed by atoms with E-state index < -0.39 is 4.92 Å². The molecule has 4 aromatic carbocycles. The largest absolute Gasteiger partial charge is 0.490 e. The topological polar surface area (TPSA) is 61.6 Å². The zero-order valence-electron chi connectivity index (χ0n) is 26.9. The average molecular weight is 612 g/mol. The van der Waals surface area contributed by atoms with E-state index >= 15 is 0 Å². The van der Waals surface area contributed by atoms with Gasteiger partial charge >= 0.3 is 0 Å². The summed E-state index contributed by atoms with van der Waals surface area (Å²) >= 11 is 0. The normalized spacial score (nSPS) is 11.0. The maximum Gasteiger partial charge on any atom is 0.269 e. The molecule has 0 fully saturated rings. The molecule has 4 aromatic rings. The van der Waals surface area contributed by atoms with Crippen LogP contribution in [0.15, 0.2) is 78.9 Å². The molecule has 0 unspecified atom stereocenters. The Bertz CT molecular complexity index is 1780. The molecule has 0 aliphatic heterocycles. The lowest BCUT2D eigenvalue weighted by Crippen LogP contribution is -2.03. The van der Waals surface area contributed by atoms with Gasteiger partial charge < -0.3 is 9.47 Å². The highest BCUT2D eigenvalue weighted by Crippen LogP contribution is 2.37. The summed E-state index contributed by atoms with van der Waals surface area (Å²) in [4.78, 5) is 10.5. The van der Waals surface area contributed by atoms with Gasteiger partial charge in [-0.3, -0.25) is 10.1 Å². The van der Waals surface area contributed by atoms with E-state index in [0.717, 1.165) is 53.0 Å². The zero-order chi connectivity index (χ0) is 32.1. The van der Waals surface area contributed by atoms with Crippen LogP contribution in [0.4, 0.5) is 5.69 Å². The Kier molecular flexibility index (Phi) is 11.5. The number of nitro benzene ring substituents is 1. The van der Waals surface area contributed by atoms with Gasteiger partial charge in [0.2, 0.25) is 0 Å². The van der Waals surface area contributed by atoms with Gasteiger partial charge in [0, 0.05) is 34.4 Å². The van der Waals surface area contributed by atoms with Crippen LogP contribution < -0.4 is 9.47 Å². The Hall–Kier alpha value is -5.00. The molecule has 0 heterocycles. The molecule has 1 aliphatic carbocycles. The summed E-state index contributed by atoms with van der Waals surface area (Å²) in [6, 6.07) is 25.1. The predicted octanol–water partition coefficient (Wildman–Crippen LogP) is 9.88. The molecule has 5 rings (SSSR count). The number of hydrogen-bond donors (Lipinski definition) is 0. The van der Waals surface area contributed by atoms with Gasteiger partial charge in [-0.25, -0.2) is 0 Å². The summed E-state index contributed by atoms with van der Waals surface area (Å²) in [6.07, 6.45) is 10.1. The van der Waals surface area contributed by atoms with Crippen molar-refractivity contribution in [2.75, 3.05) is 13.2 Å². The van der Waals surface area contributed by atoms with Crippen LogP contribution >= 0.6 is 0 Å². The summed E-state index contributed by atoms with van der Waals surface area (Å²) < 4.78 is 12.3. The van der Waals surface area contributed by atoms with Gasteiger partial charge in [-0.2, -0.15) is 0 Å². The van der Waals surface area contributed by atoms with Crippen LogP contribution in [0.1, 0.15) is 98.6 Å². The van der Waals surface area contributed by atoms with E-state index in [1.807, 2.05) is 24.3 Å². The number of ether oxygens (including phenoxy) is 2. The fourth-order valence-electron chi connectivity index (χ4n) is 5.56. The molecule has 5 heteroatoms. The maximum atomic E-state index is 10.9. The number of hydrogen-bond acceptors (Lipinski definition) is 4. The van der Waals surface area contributed by atoms with Crippen molar-refractivity contribution in [1.29, 1.82) is 0 Å². The molecular weight excluding hydrogens is 570 g/mol. The van der Waals surface area contributed by atoms with Crippen LogP contribution in [0.25, 0.3) is 11.1 Å². The van der Waals surface area contributed by atoms with Gasteiger partial charge in [0.25, 0.3) is 5.69 Å². The molecule has 1 aliphatic rings. The first-order chi connectivity index (χ1) is 22.5. The van der Waals surface area contributed by atoms with E-state index in [9.17, 15) is 10.1 Å². The molecule has 5 nitrogen and oxygen atoms in total. The van der Waals surface area contributed by atoms with Crippen molar-refractivity contribution in [3.63, 3.8) is 0 Å². The standard InChI is InChI=1S/C41H41NO4/c1-3-5-7-9-25-45-40-24-19-34(29-41(40)46-26-10-8-6-4-2)14-13-33-18-23-39-36(28-33)30-35-27-32(17-22-38(35)39)12-11-31-15-20-37(21-16-31)42(43)44/h15-24,27-29H,3-10,25-26,30H2,1-2H3. The molecule has 0 atom stereocenters. The van der Waals surface area contributed by atoms with E-state index in [2.05, 4.69) is 67.9 Å². The summed E-state index contributed by atoms with van der Waals surface area (Å²) in [5.41, 5.74) is 8.55. The van der Waals surface area contributed by atoms with Crippen LogP contribution in [0.2, 0.25) is 0 Å². The summed E-state index contributed by atoms with van der Waals surface area (Å²) in [7, 11) is 0. The predicted molar refractivity (Wildman–Crippen MR) is 185 cm³/mol. The van der Waals surface area contributed by atoms with Crippen molar-refractivity contribution < 1.29 is 14.4 Å². The van der Waals surface area contributed by atoms with Gasteiger partial charge in [0.1, 0.15) is 0 Å². The molecule has 0 saturated carbocycles. The fraction of sp³-hybridized carbons (Fsp3) is 0.317. The van der Waals surface area contributed by atoms with Gasteiger partial charge in [0.05, 0.1) is 18.1 Å². The first kappa shape index (κ1) is 32.4. The SMILES string of the molecule is CCCCCCOc1ccc(C#Cc2ccc3c(c2)Cc2cc(C#Cc4ccc([N+](=O)[O-])cc4)ccc2-3)cc1OCCCCCC. The number of non-ortho nitro benzene ring substituents is 1. The number of nitro groups is 1. The number of rotatable bonds is 13. The third kappa shape index (κ3) is 8.80. The Morgan fingerprint density at radius 3 is 1.61 bits per heavy atom. The lowest BCUT2D eigenvalue weighted by atomic mass is 10.0. The number of fused-ring (bicyclic) bond motifs is 3. The van der Waals surface area contributed by atoms with Crippen molar-refractivity contribution >= 4 is 5.69 Å². The van der Waals surface area contributed by atoms with E-state index in [4.69, 9.17) is 9.47 Å². The van der Waals surface area contributed by atoms with E-state index in [-0.39, 0.29) is 5.69 Å². The van der Waals surface area contributed by atoms with Crippen molar-refractivity contribution in [3.05, 3.63) is 122 Å². The second-order valence-electron chi connectivity index (χ2n) is 11.7. The van der Waals surface area contributed by atoms with Gasteiger partial charge in [-0.1, -0.05) is 88.2 Å². The van der Waals surface area contributed by atoms with Crippen LogP contribution in [-0.2, 0) is 6.42 Å². The molecule has 234 valence electrons. The first-order valence-electron chi connectivity index (χ1n) is 16.5. The Balaban J connectivity index is 1.26. The number of benzene rings is 4. The average Bonchev–Trinajstić information content (AvgIpc) is 3.44. The van der Waals surface area contributed by atoms with Gasteiger partial charge in [-0.15, -0.1) is 0 Å². The maximum absolute atomic E-state index is 10.9. The molecule has 0 spiro atoms. The number of nitrogens with zero attached hydrogens (tertiary/aromatic N) is 1. The van der Waals surface area contributed by atoms with Crippen molar-refractivity contribution in [1.82, 2.24) is 0 Å². The van der Waals surface area contributed by atoms with Crippen LogP contribution in [0.5, 0.6) is 11.5 Å². The summed E-state index contributed by atoms with van der Waals surface area (Å²) in [6.45, 7) is 5.81. The summed E-state index contributed by atoms with van der Waals surface area (Å²) in [5.74, 6) is 14.6. The van der Waals surface area contributed by atoms with E-state index in [1.165, 1.54) is 72.9 Å². The molecule has 0 bridgehead atoms. The van der Waals surface area contributed by atoms with Crippen LogP contribution in [0.3, 0.4) is 0 Å². The Labute approximate surface area is 273 Å². The fourth-order valence-corrected chi connectivity index (χ4v) is 5.56. The highest BCUT2D eigenvalue weighted by molar-refractivity contribution is 5.78. The highest BCUT2D eigenvalue weighted by atomic mass is 16.6. The Morgan fingerprint density at radius 2 is 1.07 bits per heavy atom. The first-order valence-corrected chi connectivity index (χ1v) is 16.5. The minimum absolute atomic E-state index is 0.0628. The molecule has 0 aromatic heterocycles. The van der Waals surface area contributed by atoms with Crippen LogP contribution in [0, 0.1) is 33.8 Å². The second kappa shape index (κ2) is 16.4. The molecule has 0 amide bonds. The lowest BCUT2D eigenvalue weighted by molar-refractivity contribution is -0.384. The van der Waals surface area contributed by atoms with Crippen molar-refractivity contribution in [2.45, 2.75) is 71.6 Å². The minimum atomic E-state index is -0.405. The number of unbranched alkanes of at least 4 members (excludes halogenated alkanes) is 6.